The van der Waals surface area contributed by atoms with E-state index in [9.17, 15) is 0 Å². The molecule has 0 aliphatic carbocycles. The summed E-state index contributed by atoms with van der Waals surface area (Å²) in [6.07, 6.45) is 2.78. The van der Waals surface area contributed by atoms with Gasteiger partial charge in [0.2, 0.25) is 0 Å². The third kappa shape index (κ3) is 4.45. The molecule has 0 saturated carbocycles. The Bertz CT molecular complexity index is 1070. The SMILES string of the molecule is CCCCC(NOC(C(C)C)n1nnc2ccccc21)(c1ccccc1)c1ccccc1. The van der Waals surface area contributed by atoms with Crippen molar-refractivity contribution < 1.29 is 4.84 Å². The van der Waals surface area contributed by atoms with Crippen LogP contribution >= 0.6 is 0 Å². The van der Waals surface area contributed by atoms with Gasteiger partial charge in [-0.05, 0) is 29.7 Å². The summed E-state index contributed by atoms with van der Waals surface area (Å²) in [5.41, 5.74) is 7.28. The maximum absolute atomic E-state index is 6.54. The van der Waals surface area contributed by atoms with E-state index in [-0.39, 0.29) is 12.1 Å². The molecule has 1 unspecified atom stereocenters. The second-order valence-corrected chi connectivity index (χ2v) is 8.62. The van der Waals surface area contributed by atoms with Crippen molar-refractivity contribution in [2.45, 2.75) is 51.8 Å². The van der Waals surface area contributed by atoms with Gasteiger partial charge >= 0.3 is 0 Å². The first-order valence-corrected chi connectivity index (χ1v) is 11.5. The Morgan fingerprint density at radius 3 is 2.06 bits per heavy atom. The van der Waals surface area contributed by atoms with E-state index in [2.05, 4.69) is 97.2 Å². The molecule has 0 saturated heterocycles. The van der Waals surface area contributed by atoms with Gasteiger partial charge in [-0.15, -0.1) is 5.10 Å². The molecule has 1 aromatic heterocycles. The quantitative estimate of drug-likeness (QED) is 0.304. The number of hydrogen-bond donors (Lipinski definition) is 1. The van der Waals surface area contributed by atoms with Gasteiger partial charge in [-0.25, -0.2) is 4.68 Å². The van der Waals surface area contributed by atoms with Gasteiger partial charge in [0, 0.05) is 5.92 Å². The van der Waals surface area contributed by atoms with Gasteiger partial charge < -0.3 is 0 Å². The predicted octanol–water partition coefficient (Wildman–Crippen LogP) is 6.24. The lowest BCUT2D eigenvalue weighted by Gasteiger charge is -2.37. The zero-order valence-corrected chi connectivity index (χ0v) is 19.1. The van der Waals surface area contributed by atoms with Crippen LogP contribution < -0.4 is 5.48 Å². The maximum atomic E-state index is 6.54. The minimum absolute atomic E-state index is 0.183. The molecule has 0 radical (unpaired) electrons. The topological polar surface area (TPSA) is 52.0 Å². The van der Waals surface area contributed by atoms with Crippen LogP contribution in [-0.2, 0) is 10.4 Å². The van der Waals surface area contributed by atoms with Crippen LogP contribution in [0.1, 0.15) is 57.4 Å². The Morgan fingerprint density at radius 1 is 0.875 bits per heavy atom. The standard InChI is InChI=1S/C27H32N4O/c1-4-5-20-27(22-14-8-6-9-15-22,23-16-10-7-11-17-23)29-32-26(21(2)3)31-25-19-13-12-18-24(25)28-30-31/h6-19,21,26,29H,4-5,20H2,1-3H3. The Labute approximate surface area is 190 Å². The fourth-order valence-corrected chi connectivity index (χ4v) is 4.22. The second-order valence-electron chi connectivity index (χ2n) is 8.62. The summed E-state index contributed by atoms with van der Waals surface area (Å²) in [4.78, 5) is 6.54. The molecule has 0 aliphatic heterocycles. The number of rotatable bonds is 10. The van der Waals surface area contributed by atoms with E-state index in [0.717, 1.165) is 30.3 Å². The van der Waals surface area contributed by atoms with Crippen molar-refractivity contribution in [1.29, 1.82) is 0 Å². The highest BCUT2D eigenvalue weighted by Gasteiger charge is 2.36. The molecule has 32 heavy (non-hydrogen) atoms. The van der Waals surface area contributed by atoms with Gasteiger partial charge in [-0.3, -0.25) is 4.84 Å². The number of nitrogens with one attached hydrogen (secondary N) is 1. The number of fused-ring (bicyclic) bond motifs is 1. The largest absolute Gasteiger partial charge is 0.273 e. The monoisotopic (exact) mass is 428 g/mol. The number of unbranched alkanes of at least 4 members (excludes halogenated alkanes) is 1. The molecule has 1 atom stereocenters. The molecule has 1 heterocycles. The molecule has 0 spiro atoms. The van der Waals surface area contributed by atoms with Crippen LogP contribution in [-0.4, -0.2) is 15.0 Å². The molecule has 0 amide bonds. The maximum Gasteiger partial charge on any atom is 0.175 e. The van der Waals surface area contributed by atoms with Crippen molar-refractivity contribution in [2.24, 2.45) is 5.92 Å². The molecule has 4 rings (SSSR count). The summed E-state index contributed by atoms with van der Waals surface area (Å²) in [7, 11) is 0. The zero-order valence-electron chi connectivity index (χ0n) is 19.1. The third-order valence-electron chi connectivity index (χ3n) is 5.98. The average molecular weight is 429 g/mol. The number of benzene rings is 3. The lowest BCUT2D eigenvalue weighted by Crippen LogP contribution is -2.45. The van der Waals surface area contributed by atoms with Gasteiger partial charge in [-0.2, -0.15) is 5.48 Å². The van der Waals surface area contributed by atoms with Crippen molar-refractivity contribution in [1.82, 2.24) is 20.5 Å². The van der Waals surface area contributed by atoms with E-state index in [1.165, 1.54) is 11.1 Å². The van der Waals surface area contributed by atoms with Crippen LogP contribution in [0.5, 0.6) is 0 Å². The zero-order chi connectivity index (χ0) is 22.4. The van der Waals surface area contributed by atoms with Crippen LogP contribution in [0.4, 0.5) is 0 Å². The minimum Gasteiger partial charge on any atom is -0.273 e. The molecule has 0 fully saturated rings. The summed E-state index contributed by atoms with van der Waals surface area (Å²) >= 11 is 0. The Balaban J connectivity index is 1.74. The fraction of sp³-hybridized carbons (Fsp3) is 0.333. The van der Waals surface area contributed by atoms with E-state index in [1.807, 2.05) is 28.9 Å². The van der Waals surface area contributed by atoms with E-state index in [1.54, 1.807) is 0 Å². The van der Waals surface area contributed by atoms with Crippen molar-refractivity contribution in [2.75, 3.05) is 0 Å². The Hall–Kier alpha value is -3.02. The van der Waals surface area contributed by atoms with Crippen LogP contribution in [0.2, 0.25) is 0 Å². The molecular weight excluding hydrogens is 396 g/mol. The lowest BCUT2D eigenvalue weighted by molar-refractivity contribution is -0.127. The normalized spacial score (nSPS) is 13.0. The number of para-hydroxylation sites is 1. The smallest absolute Gasteiger partial charge is 0.175 e. The van der Waals surface area contributed by atoms with Crippen LogP contribution in [0.15, 0.2) is 84.9 Å². The lowest BCUT2D eigenvalue weighted by atomic mass is 9.79. The molecular formula is C27H32N4O. The summed E-state index contributed by atoms with van der Waals surface area (Å²) in [6.45, 7) is 6.50. The fourth-order valence-electron chi connectivity index (χ4n) is 4.22. The van der Waals surface area contributed by atoms with Crippen LogP contribution in [0.3, 0.4) is 0 Å². The molecule has 1 N–H and O–H groups in total. The Morgan fingerprint density at radius 2 is 1.47 bits per heavy atom. The molecule has 166 valence electrons. The van der Waals surface area contributed by atoms with Gasteiger partial charge in [0.05, 0.1) is 11.1 Å². The van der Waals surface area contributed by atoms with Gasteiger partial charge in [0.25, 0.3) is 0 Å². The summed E-state index contributed by atoms with van der Waals surface area (Å²) in [5, 5.41) is 8.76. The van der Waals surface area contributed by atoms with Gasteiger partial charge in [0.1, 0.15) is 5.52 Å². The van der Waals surface area contributed by atoms with Crippen molar-refractivity contribution in [3.8, 4) is 0 Å². The highest BCUT2D eigenvalue weighted by atomic mass is 16.7. The number of aromatic nitrogens is 3. The number of nitrogens with zero attached hydrogens (tertiary/aromatic N) is 3. The first-order valence-electron chi connectivity index (χ1n) is 11.5. The Kier molecular flexibility index (Phi) is 6.98. The van der Waals surface area contributed by atoms with Crippen LogP contribution in [0.25, 0.3) is 11.0 Å². The molecule has 5 nitrogen and oxygen atoms in total. The molecule has 3 aromatic carbocycles. The van der Waals surface area contributed by atoms with E-state index < -0.39 is 5.54 Å². The summed E-state index contributed by atoms with van der Waals surface area (Å²) in [6, 6.07) is 29.2. The summed E-state index contributed by atoms with van der Waals surface area (Å²) < 4.78 is 1.88. The highest BCUT2D eigenvalue weighted by molar-refractivity contribution is 5.73. The van der Waals surface area contributed by atoms with E-state index in [0.29, 0.717) is 0 Å². The molecule has 0 aliphatic rings. The highest BCUT2D eigenvalue weighted by Crippen LogP contribution is 2.36. The van der Waals surface area contributed by atoms with E-state index >= 15 is 0 Å². The first-order chi connectivity index (χ1) is 15.7. The molecule has 0 bridgehead atoms. The van der Waals surface area contributed by atoms with Crippen molar-refractivity contribution in [3.63, 3.8) is 0 Å². The summed E-state index contributed by atoms with van der Waals surface area (Å²) in [5.74, 6) is 0.183. The van der Waals surface area contributed by atoms with Crippen molar-refractivity contribution in [3.05, 3.63) is 96.1 Å². The third-order valence-corrected chi connectivity index (χ3v) is 5.98. The molecule has 4 aromatic rings. The van der Waals surface area contributed by atoms with E-state index in [4.69, 9.17) is 4.84 Å². The van der Waals surface area contributed by atoms with Crippen LogP contribution in [0, 0.1) is 5.92 Å². The van der Waals surface area contributed by atoms with Gasteiger partial charge in [-0.1, -0.05) is 112 Å². The second kappa shape index (κ2) is 10.1. The van der Waals surface area contributed by atoms with Gasteiger partial charge in [0.15, 0.2) is 6.23 Å². The van der Waals surface area contributed by atoms with Crippen molar-refractivity contribution >= 4 is 11.0 Å². The number of hydroxylamine groups is 1. The predicted molar refractivity (Wildman–Crippen MR) is 129 cm³/mol. The first kappa shape index (κ1) is 22.2. The average Bonchev–Trinajstić information content (AvgIpc) is 3.26. The minimum atomic E-state index is -0.470. The number of hydrogen-bond acceptors (Lipinski definition) is 4. The molecule has 5 heteroatoms.